The van der Waals surface area contributed by atoms with Crippen LogP contribution < -0.4 is 10.1 Å². The maximum atomic E-state index is 6.16. The molecule has 25 heavy (non-hydrogen) atoms. The van der Waals surface area contributed by atoms with Gasteiger partial charge in [0.25, 0.3) is 0 Å². The Morgan fingerprint density at radius 2 is 1.40 bits per heavy atom. The van der Waals surface area contributed by atoms with Gasteiger partial charge >= 0.3 is 0 Å². The van der Waals surface area contributed by atoms with Crippen molar-refractivity contribution < 1.29 is 4.74 Å². The molecule has 0 spiro atoms. The van der Waals surface area contributed by atoms with E-state index in [0.717, 1.165) is 29.4 Å². The van der Waals surface area contributed by atoms with E-state index in [0.29, 0.717) is 6.61 Å². The Hall–Kier alpha value is -2.00. The van der Waals surface area contributed by atoms with E-state index in [1.165, 1.54) is 11.1 Å². The number of ether oxygens (including phenoxy) is 1. The van der Waals surface area contributed by atoms with Crippen LogP contribution in [0.4, 0.5) is 0 Å². The number of rotatable bonds is 7. The van der Waals surface area contributed by atoms with Crippen molar-refractivity contribution >= 4 is 24.0 Å². The minimum atomic E-state index is 0. The molecule has 3 aromatic rings. The Bertz CT molecular complexity index is 760. The van der Waals surface area contributed by atoms with Gasteiger partial charge in [-0.2, -0.15) is 0 Å². The molecule has 0 aromatic heterocycles. The second kappa shape index (κ2) is 10.1. The molecule has 0 fully saturated rings. The molecule has 4 heteroatoms. The minimum absolute atomic E-state index is 0. The van der Waals surface area contributed by atoms with Crippen LogP contribution in [0.25, 0.3) is 0 Å². The van der Waals surface area contributed by atoms with Crippen molar-refractivity contribution in [2.45, 2.75) is 19.7 Å². The maximum absolute atomic E-state index is 6.16. The first-order valence-corrected chi connectivity index (χ1v) is 8.39. The van der Waals surface area contributed by atoms with Gasteiger partial charge in [-0.05, 0) is 34.9 Å². The number of nitrogens with one attached hydrogen (secondary N) is 1. The average Bonchev–Trinajstić information content (AvgIpc) is 2.63. The van der Waals surface area contributed by atoms with Gasteiger partial charge in [-0.1, -0.05) is 72.3 Å². The predicted molar refractivity (Wildman–Crippen MR) is 106 cm³/mol. The Labute approximate surface area is 160 Å². The third-order valence-corrected chi connectivity index (χ3v) is 4.14. The summed E-state index contributed by atoms with van der Waals surface area (Å²) >= 11 is 6.16. The van der Waals surface area contributed by atoms with Crippen molar-refractivity contribution in [2.75, 3.05) is 0 Å². The van der Waals surface area contributed by atoms with E-state index < -0.39 is 0 Å². The Morgan fingerprint density at radius 3 is 2.12 bits per heavy atom. The molecule has 0 heterocycles. The van der Waals surface area contributed by atoms with Crippen LogP contribution in [0, 0.1) is 0 Å². The second-order valence-corrected chi connectivity index (χ2v) is 6.02. The highest BCUT2D eigenvalue weighted by molar-refractivity contribution is 6.31. The van der Waals surface area contributed by atoms with Crippen LogP contribution in [0.1, 0.15) is 16.7 Å². The lowest BCUT2D eigenvalue weighted by molar-refractivity contribution is 0.306. The average molecular weight is 374 g/mol. The molecule has 0 saturated carbocycles. The summed E-state index contributed by atoms with van der Waals surface area (Å²) in [5.41, 5.74) is 3.50. The van der Waals surface area contributed by atoms with E-state index in [2.05, 4.69) is 29.6 Å². The zero-order chi connectivity index (χ0) is 16.6. The molecule has 0 aliphatic rings. The number of halogens is 2. The lowest BCUT2D eigenvalue weighted by Crippen LogP contribution is -2.12. The molecular formula is C21H21Cl2NO. The van der Waals surface area contributed by atoms with Crippen molar-refractivity contribution in [1.82, 2.24) is 5.32 Å². The fraction of sp³-hybridized carbons (Fsp3) is 0.143. The SMILES string of the molecule is Cl.Clc1ccccc1CNCc1ccc(OCc2ccccc2)cc1. The highest BCUT2D eigenvalue weighted by atomic mass is 35.5. The van der Waals surface area contributed by atoms with Gasteiger partial charge < -0.3 is 10.1 Å². The topological polar surface area (TPSA) is 21.3 Å². The van der Waals surface area contributed by atoms with Crippen LogP contribution in [-0.2, 0) is 19.7 Å². The van der Waals surface area contributed by atoms with E-state index in [4.69, 9.17) is 16.3 Å². The van der Waals surface area contributed by atoms with Gasteiger partial charge in [-0.25, -0.2) is 0 Å². The second-order valence-electron chi connectivity index (χ2n) is 5.61. The van der Waals surface area contributed by atoms with E-state index in [1.54, 1.807) is 0 Å². The molecule has 0 unspecified atom stereocenters. The third-order valence-electron chi connectivity index (χ3n) is 3.77. The zero-order valence-corrected chi connectivity index (χ0v) is 15.4. The lowest BCUT2D eigenvalue weighted by Gasteiger charge is -2.09. The smallest absolute Gasteiger partial charge is 0.119 e. The Balaban J connectivity index is 0.00000225. The fourth-order valence-electron chi connectivity index (χ4n) is 2.43. The normalized spacial score (nSPS) is 10.1. The summed E-state index contributed by atoms with van der Waals surface area (Å²) < 4.78 is 5.80. The lowest BCUT2D eigenvalue weighted by atomic mass is 10.2. The predicted octanol–water partition coefficient (Wildman–Crippen LogP) is 5.63. The molecule has 3 rings (SSSR count). The summed E-state index contributed by atoms with van der Waals surface area (Å²) in [5, 5.41) is 4.21. The van der Waals surface area contributed by atoms with Gasteiger partial charge in [0.05, 0.1) is 0 Å². The number of benzene rings is 3. The summed E-state index contributed by atoms with van der Waals surface area (Å²) in [6.45, 7) is 2.14. The molecule has 0 amide bonds. The molecular weight excluding hydrogens is 353 g/mol. The summed E-state index contributed by atoms with van der Waals surface area (Å²) in [4.78, 5) is 0. The van der Waals surface area contributed by atoms with Gasteiger partial charge in [0.1, 0.15) is 12.4 Å². The van der Waals surface area contributed by atoms with Crippen molar-refractivity contribution in [3.8, 4) is 5.75 Å². The molecule has 0 saturated heterocycles. The van der Waals surface area contributed by atoms with Gasteiger partial charge in [-0.15, -0.1) is 12.4 Å². The maximum Gasteiger partial charge on any atom is 0.119 e. The quantitative estimate of drug-likeness (QED) is 0.579. The van der Waals surface area contributed by atoms with E-state index in [-0.39, 0.29) is 12.4 Å². The van der Waals surface area contributed by atoms with Crippen LogP contribution in [0.3, 0.4) is 0 Å². The summed E-state index contributed by atoms with van der Waals surface area (Å²) in [5.74, 6) is 0.883. The van der Waals surface area contributed by atoms with Crippen LogP contribution in [-0.4, -0.2) is 0 Å². The van der Waals surface area contributed by atoms with Gasteiger partial charge in [0.2, 0.25) is 0 Å². The van der Waals surface area contributed by atoms with Crippen molar-refractivity contribution in [2.24, 2.45) is 0 Å². The molecule has 0 atom stereocenters. The monoisotopic (exact) mass is 373 g/mol. The summed E-state index contributed by atoms with van der Waals surface area (Å²) in [6, 6.07) is 26.3. The molecule has 3 aromatic carbocycles. The van der Waals surface area contributed by atoms with E-state index in [1.807, 2.05) is 54.6 Å². The van der Waals surface area contributed by atoms with Gasteiger partial charge in [0.15, 0.2) is 0 Å². The molecule has 0 aliphatic heterocycles. The number of hydrogen-bond acceptors (Lipinski definition) is 2. The standard InChI is InChI=1S/C21H20ClNO.ClH/c22-21-9-5-4-8-19(21)15-23-14-17-10-12-20(13-11-17)24-16-18-6-2-1-3-7-18;/h1-13,23H,14-16H2;1H. The Morgan fingerprint density at radius 1 is 0.720 bits per heavy atom. The first kappa shape index (κ1) is 19.3. The minimum Gasteiger partial charge on any atom is -0.489 e. The van der Waals surface area contributed by atoms with Crippen molar-refractivity contribution in [1.29, 1.82) is 0 Å². The zero-order valence-electron chi connectivity index (χ0n) is 13.8. The Kier molecular flexibility index (Phi) is 7.80. The van der Waals surface area contributed by atoms with Crippen LogP contribution >= 0.6 is 24.0 Å². The highest BCUT2D eigenvalue weighted by Crippen LogP contribution is 2.16. The molecule has 0 radical (unpaired) electrons. The van der Waals surface area contributed by atoms with Crippen LogP contribution in [0.5, 0.6) is 5.75 Å². The van der Waals surface area contributed by atoms with E-state index in [9.17, 15) is 0 Å². The first-order chi connectivity index (χ1) is 11.8. The third kappa shape index (κ3) is 6.09. The first-order valence-electron chi connectivity index (χ1n) is 8.01. The molecule has 130 valence electrons. The largest absolute Gasteiger partial charge is 0.489 e. The molecule has 0 bridgehead atoms. The van der Waals surface area contributed by atoms with Crippen molar-refractivity contribution in [3.63, 3.8) is 0 Å². The van der Waals surface area contributed by atoms with Crippen LogP contribution in [0.15, 0.2) is 78.9 Å². The van der Waals surface area contributed by atoms with Gasteiger partial charge in [-0.3, -0.25) is 0 Å². The number of hydrogen-bond donors (Lipinski definition) is 1. The van der Waals surface area contributed by atoms with E-state index >= 15 is 0 Å². The molecule has 2 nitrogen and oxygen atoms in total. The highest BCUT2D eigenvalue weighted by Gasteiger charge is 2.00. The van der Waals surface area contributed by atoms with Crippen LogP contribution in [0.2, 0.25) is 5.02 Å². The molecule has 1 N–H and O–H groups in total. The summed E-state index contributed by atoms with van der Waals surface area (Å²) in [6.07, 6.45) is 0. The molecule has 0 aliphatic carbocycles. The summed E-state index contributed by atoms with van der Waals surface area (Å²) in [7, 11) is 0. The van der Waals surface area contributed by atoms with Gasteiger partial charge in [0, 0.05) is 18.1 Å². The van der Waals surface area contributed by atoms with Crippen molar-refractivity contribution in [3.05, 3.63) is 101 Å². The fourth-order valence-corrected chi connectivity index (χ4v) is 2.63.